The molecule has 0 bridgehead atoms. The van der Waals surface area contributed by atoms with E-state index in [4.69, 9.17) is 9.47 Å². The predicted molar refractivity (Wildman–Crippen MR) is 135 cm³/mol. The number of carbonyl (C=O) groups excluding carboxylic acids is 3. The van der Waals surface area contributed by atoms with Gasteiger partial charge >= 0.3 is 11.9 Å². The maximum absolute atomic E-state index is 13.2. The van der Waals surface area contributed by atoms with Crippen molar-refractivity contribution in [2.45, 2.75) is 84.7 Å². The fraction of sp³-hybridized carbons (Fsp3) is 0.690. The molecule has 0 aromatic carbocycles. The highest BCUT2D eigenvalue weighted by Gasteiger charge is 2.88. The number of fused-ring (bicyclic) bond motifs is 5. The van der Waals surface area contributed by atoms with Crippen molar-refractivity contribution in [2.24, 2.45) is 35.0 Å². The van der Waals surface area contributed by atoms with Crippen LogP contribution in [-0.4, -0.2) is 62.6 Å². The first-order valence-electron chi connectivity index (χ1n) is 13.1. The molecule has 0 saturated heterocycles. The van der Waals surface area contributed by atoms with E-state index in [2.05, 4.69) is 0 Å². The Bertz CT molecular complexity index is 1130. The fourth-order valence-corrected chi connectivity index (χ4v) is 7.43. The van der Waals surface area contributed by atoms with Gasteiger partial charge in [-0.15, -0.1) is 0 Å². The zero-order valence-corrected chi connectivity index (χ0v) is 23.0. The van der Waals surface area contributed by atoms with Crippen molar-refractivity contribution < 1.29 is 39.2 Å². The van der Waals surface area contributed by atoms with Crippen LogP contribution in [0.4, 0.5) is 0 Å². The standard InChI is InChI=1S/C29H40O8/c1-9-15(4)25(33)36-23-17(6)28(35)19(21-26(7,8)29(21,23)37-24(32)14(2)3)11-18(13-30)12-27(34)20(28)10-16(5)22(27)31/h9-11,14,17,19-21,23,30,34-35H,12-13H2,1-8H3/b15-9+/t17-,19+,20+,21+,23-,27+,28+,29-/m1/s1. The Morgan fingerprint density at radius 2 is 1.84 bits per heavy atom. The molecule has 3 N–H and O–H groups in total. The van der Waals surface area contributed by atoms with Crippen molar-refractivity contribution in [1.29, 1.82) is 0 Å². The van der Waals surface area contributed by atoms with Gasteiger partial charge in [0.15, 0.2) is 11.4 Å². The van der Waals surface area contributed by atoms with E-state index in [1.807, 2.05) is 13.8 Å². The summed E-state index contributed by atoms with van der Waals surface area (Å²) < 4.78 is 12.3. The number of aliphatic hydroxyl groups is 3. The number of allylic oxidation sites excluding steroid dienone is 1. The number of rotatable bonds is 5. The Balaban J connectivity index is 1.96. The number of Topliss-reactive ketones (excluding diaryl/α,β-unsaturated/α-hetero) is 1. The number of hydrogen-bond donors (Lipinski definition) is 3. The van der Waals surface area contributed by atoms with Crippen LogP contribution in [0, 0.1) is 35.0 Å². The molecule has 8 nitrogen and oxygen atoms in total. The molecule has 0 radical (unpaired) electrons. The number of ketones is 1. The van der Waals surface area contributed by atoms with E-state index >= 15 is 0 Å². The number of esters is 2. The quantitative estimate of drug-likeness (QED) is 0.289. The van der Waals surface area contributed by atoms with Gasteiger partial charge < -0.3 is 24.8 Å². The summed E-state index contributed by atoms with van der Waals surface area (Å²) in [7, 11) is 0. The molecular weight excluding hydrogens is 476 g/mol. The van der Waals surface area contributed by atoms with E-state index in [1.54, 1.807) is 59.8 Å². The molecular formula is C29H40O8. The van der Waals surface area contributed by atoms with Crippen LogP contribution in [0.1, 0.15) is 61.8 Å². The normalized spacial score (nSPS) is 42.1. The lowest BCUT2D eigenvalue weighted by molar-refractivity contribution is -0.228. The van der Waals surface area contributed by atoms with Crippen LogP contribution in [-0.2, 0) is 23.9 Å². The van der Waals surface area contributed by atoms with Gasteiger partial charge in [-0.05, 0) is 31.9 Å². The van der Waals surface area contributed by atoms with Crippen molar-refractivity contribution in [3.8, 4) is 0 Å². The van der Waals surface area contributed by atoms with Gasteiger partial charge in [-0.3, -0.25) is 9.59 Å². The summed E-state index contributed by atoms with van der Waals surface area (Å²) in [5, 5.41) is 34.6. The minimum absolute atomic E-state index is 0.125. The molecule has 2 saturated carbocycles. The van der Waals surface area contributed by atoms with Gasteiger partial charge in [-0.25, -0.2) is 4.79 Å². The Kier molecular flexibility index (Phi) is 6.46. The lowest BCUT2D eigenvalue weighted by atomic mass is 9.59. The van der Waals surface area contributed by atoms with Gasteiger partial charge in [0.05, 0.1) is 18.1 Å². The molecule has 0 spiro atoms. The van der Waals surface area contributed by atoms with Crippen molar-refractivity contribution in [3.05, 3.63) is 34.9 Å². The SMILES string of the molecule is C/C=C(\C)C(=O)O[C@@H]1[C@@H](C)[C@@]2(O)[C@H]3C=C(C)C(=O)[C@]3(O)CC(CO)=C[C@H]2[C@H]2C(C)(C)[C@]12OC(=O)C(C)C. The van der Waals surface area contributed by atoms with Crippen LogP contribution in [0.15, 0.2) is 34.9 Å². The maximum atomic E-state index is 13.2. The monoisotopic (exact) mass is 516 g/mol. The molecule has 0 aromatic rings. The Labute approximate surface area is 218 Å². The van der Waals surface area contributed by atoms with Crippen LogP contribution >= 0.6 is 0 Å². The van der Waals surface area contributed by atoms with Gasteiger partial charge in [0.1, 0.15) is 11.7 Å². The number of hydrogen-bond acceptors (Lipinski definition) is 8. The molecule has 0 aliphatic heterocycles. The topological polar surface area (TPSA) is 130 Å². The molecule has 2 fully saturated rings. The van der Waals surface area contributed by atoms with Gasteiger partial charge in [0.2, 0.25) is 0 Å². The van der Waals surface area contributed by atoms with Crippen molar-refractivity contribution in [3.63, 3.8) is 0 Å². The summed E-state index contributed by atoms with van der Waals surface area (Å²) >= 11 is 0. The van der Waals surface area contributed by atoms with Crippen LogP contribution in [0.25, 0.3) is 0 Å². The Hall–Kier alpha value is -2.29. The average Bonchev–Trinajstić information content (AvgIpc) is 3.26. The van der Waals surface area contributed by atoms with Gasteiger partial charge in [-0.1, -0.05) is 52.8 Å². The maximum Gasteiger partial charge on any atom is 0.333 e. The fourth-order valence-electron chi connectivity index (χ4n) is 7.43. The summed E-state index contributed by atoms with van der Waals surface area (Å²) in [5.41, 5.74) is -4.51. The molecule has 4 aliphatic rings. The molecule has 8 heteroatoms. The minimum Gasteiger partial charge on any atom is -0.454 e. The molecule has 0 amide bonds. The first-order valence-corrected chi connectivity index (χ1v) is 13.1. The van der Waals surface area contributed by atoms with E-state index in [1.165, 1.54) is 0 Å². The van der Waals surface area contributed by atoms with Crippen LogP contribution in [0.2, 0.25) is 0 Å². The van der Waals surface area contributed by atoms with E-state index in [9.17, 15) is 29.7 Å². The zero-order valence-electron chi connectivity index (χ0n) is 23.0. The second-order valence-corrected chi connectivity index (χ2v) is 12.3. The molecule has 4 rings (SSSR count). The van der Waals surface area contributed by atoms with Crippen molar-refractivity contribution in [2.75, 3.05) is 6.61 Å². The molecule has 0 heterocycles. The summed E-state index contributed by atoms with van der Waals surface area (Å²) in [6.45, 7) is 13.5. The molecule has 0 aromatic heterocycles. The van der Waals surface area contributed by atoms with Crippen LogP contribution in [0.5, 0.6) is 0 Å². The number of ether oxygens (including phenoxy) is 2. The Morgan fingerprint density at radius 3 is 2.38 bits per heavy atom. The van der Waals surface area contributed by atoms with Gasteiger partial charge in [0.25, 0.3) is 0 Å². The summed E-state index contributed by atoms with van der Waals surface area (Å²) in [6.07, 6.45) is 3.81. The predicted octanol–water partition coefficient (Wildman–Crippen LogP) is 2.65. The number of carbonyl (C=O) groups is 3. The van der Waals surface area contributed by atoms with Crippen LogP contribution in [0.3, 0.4) is 0 Å². The minimum atomic E-state index is -1.95. The summed E-state index contributed by atoms with van der Waals surface area (Å²) in [6, 6.07) is 0. The second kappa shape index (κ2) is 8.61. The first kappa shape index (κ1) is 27.7. The first-order chi connectivity index (χ1) is 17.0. The van der Waals surface area contributed by atoms with Crippen molar-refractivity contribution >= 4 is 17.7 Å². The summed E-state index contributed by atoms with van der Waals surface area (Å²) in [5.74, 6) is -5.00. The average molecular weight is 517 g/mol. The molecule has 8 atom stereocenters. The largest absolute Gasteiger partial charge is 0.454 e. The summed E-state index contributed by atoms with van der Waals surface area (Å²) in [4.78, 5) is 39.3. The molecule has 4 aliphatic carbocycles. The lowest BCUT2D eigenvalue weighted by Gasteiger charge is -2.53. The highest BCUT2D eigenvalue weighted by molar-refractivity contribution is 6.04. The van der Waals surface area contributed by atoms with Crippen molar-refractivity contribution in [1.82, 2.24) is 0 Å². The number of aliphatic hydroxyl groups excluding tert-OH is 1. The third-order valence-electron chi connectivity index (χ3n) is 9.69. The highest BCUT2D eigenvalue weighted by atomic mass is 16.6. The van der Waals surface area contributed by atoms with E-state index in [0.29, 0.717) is 16.7 Å². The molecule has 0 unspecified atom stereocenters. The highest BCUT2D eigenvalue weighted by Crippen LogP contribution is 2.77. The third kappa shape index (κ3) is 3.48. The van der Waals surface area contributed by atoms with Gasteiger partial charge in [0, 0.05) is 41.1 Å². The van der Waals surface area contributed by atoms with E-state index < -0.39 is 82.2 Å². The van der Waals surface area contributed by atoms with Crippen LogP contribution < -0.4 is 0 Å². The Morgan fingerprint density at radius 1 is 1.22 bits per heavy atom. The molecule has 204 valence electrons. The zero-order chi connectivity index (χ0) is 27.9. The van der Waals surface area contributed by atoms with Gasteiger partial charge in [-0.2, -0.15) is 0 Å². The molecule has 37 heavy (non-hydrogen) atoms. The smallest absolute Gasteiger partial charge is 0.333 e. The van der Waals surface area contributed by atoms with E-state index in [-0.39, 0.29) is 6.42 Å². The van der Waals surface area contributed by atoms with E-state index in [0.717, 1.165) is 0 Å². The lowest BCUT2D eigenvalue weighted by Crippen LogP contribution is -2.66. The second-order valence-electron chi connectivity index (χ2n) is 12.3. The third-order valence-corrected chi connectivity index (χ3v) is 9.69.